The Morgan fingerprint density at radius 1 is 1.26 bits per heavy atom. The lowest BCUT2D eigenvalue weighted by molar-refractivity contribution is -0.384. The minimum absolute atomic E-state index is 0.0611. The van der Waals surface area contributed by atoms with Gasteiger partial charge in [0.05, 0.1) is 18.1 Å². The molecule has 0 atom stereocenters. The molecule has 1 fully saturated rings. The molecule has 1 N–H and O–H groups in total. The van der Waals surface area contributed by atoms with Crippen molar-refractivity contribution in [3.8, 4) is 5.75 Å². The summed E-state index contributed by atoms with van der Waals surface area (Å²) in [7, 11) is 1.52. The summed E-state index contributed by atoms with van der Waals surface area (Å²) in [6.07, 6.45) is 4.66. The minimum Gasteiger partial charge on any atom is -0.496 e. The van der Waals surface area contributed by atoms with Gasteiger partial charge in [-0.1, -0.05) is 6.92 Å². The van der Waals surface area contributed by atoms with E-state index in [1.807, 2.05) is 6.07 Å². The predicted octanol–water partition coefficient (Wildman–Crippen LogP) is 3.59. The van der Waals surface area contributed by atoms with Crippen LogP contribution >= 0.6 is 0 Å². The van der Waals surface area contributed by atoms with Crippen molar-refractivity contribution in [2.75, 3.05) is 12.4 Å². The lowest BCUT2D eigenvalue weighted by Gasteiger charge is -2.27. The Kier molecular flexibility index (Phi) is 4.24. The van der Waals surface area contributed by atoms with Crippen molar-refractivity contribution < 1.29 is 9.66 Å². The van der Waals surface area contributed by atoms with Gasteiger partial charge in [-0.2, -0.15) is 0 Å². The van der Waals surface area contributed by atoms with Gasteiger partial charge < -0.3 is 10.1 Å². The number of benzene rings is 1. The average Bonchev–Trinajstić information content (AvgIpc) is 2.41. The quantitative estimate of drug-likeness (QED) is 0.666. The molecule has 104 valence electrons. The van der Waals surface area contributed by atoms with Crippen LogP contribution in [0.15, 0.2) is 18.2 Å². The van der Waals surface area contributed by atoms with Gasteiger partial charge in [0.1, 0.15) is 5.75 Å². The molecule has 0 radical (unpaired) electrons. The molecule has 1 aromatic rings. The van der Waals surface area contributed by atoms with Gasteiger partial charge in [0.15, 0.2) is 0 Å². The topological polar surface area (TPSA) is 64.4 Å². The smallest absolute Gasteiger partial charge is 0.275 e. The van der Waals surface area contributed by atoms with Crippen molar-refractivity contribution in [3.63, 3.8) is 0 Å². The molecular weight excluding hydrogens is 244 g/mol. The van der Waals surface area contributed by atoms with E-state index in [-0.39, 0.29) is 5.69 Å². The van der Waals surface area contributed by atoms with Crippen molar-refractivity contribution in [1.29, 1.82) is 0 Å². The minimum atomic E-state index is -0.392. The van der Waals surface area contributed by atoms with Crippen LogP contribution in [0.3, 0.4) is 0 Å². The van der Waals surface area contributed by atoms with Gasteiger partial charge in [-0.3, -0.25) is 10.1 Å². The van der Waals surface area contributed by atoms with Crippen molar-refractivity contribution in [2.24, 2.45) is 5.92 Å². The summed E-state index contributed by atoms with van der Waals surface area (Å²) < 4.78 is 5.11. The summed E-state index contributed by atoms with van der Waals surface area (Å²) in [5.41, 5.74) is 0.830. The summed E-state index contributed by atoms with van der Waals surface area (Å²) in [4.78, 5) is 10.5. The number of nitrogens with one attached hydrogen (secondary N) is 1. The van der Waals surface area contributed by atoms with E-state index in [4.69, 9.17) is 4.74 Å². The monoisotopic (exact) mass is 264 g/mol. The summed E-state index contributed by atoms with van der Waals surface area (Å²) in [5, 5.41) is 14.3. The maximum absolute atomic E-state index is 10.9. The molecule has 0 amide bonds. The van der Waals surface area contributed by atoms with E-state index in [9.17, 15) is 10.1 Å². The van der Waals surface area contributed by atoms with Crippen molar-refractivity contribution in [2.45, 2.75) is 38.6 Å². The average molecular weight is 264 g/mol. The summed E-state index contributed by atoms with van der Waals surface area (Å²) in [6, 6.07) is 5.22. The van der Waals surface area contributed by atoms with Gasteiger partial charge in [-0.05, 0) is 31.6 Å². The summed E-state index contributed by atoms with van der Waals surface area (Å²) in [6.45, 7) is 2.27. The molecule has 0 spiro atoms. The van der Waals surface area contributed by atoms with Crippen LogP contribution in [0.2, 0.25) is 0 Å². The number of non-ortho nitro benzene ring substituents is 1. The van der Waals surface area contributed by atoms with Crippen LogP contribution < -0.4 is 10.1 Å². The number of methoxy groups -OCH3 is 1. The van der Waals surface area contributed by atoms with Gasteiger partial charge in [-0.15, -0.1) is 0 Å². The van der Waals surface area contributed by atoms with Crippen LogP contribution in [0.5, 0.6) is 5.75 Å². The highest BCUT2D eigenvalue weighted by molar-refractivity contribution is 5.56. The van der Waals surface area contributed by atoms with Crippen LogP contribution in [0, 0.1) is 16.0 Å². The number of rotatable bonds is 4. The maximum atomic E-state index is 10.9. The fourth-order valence-corrected chi connectivity index (χ4v) is 2.53. The zero-order valence-corrected chi connectivity index (χ0v) is 11.4. The van der Waals surface area contributed by atoms with E-state index >= 15 is 0 Å². The van der Waals surface area contributed by atoms with E-state index in [1.165, 1.54) is 26.0 Å². The van der Waals surface area contributed by atoms with Crippen LogP contribution in [0.1, 0.15) is 32.6 Å². The number of anilines is 1. The Morgan fingerprint density at radius 2 is 1.95 bits per heavy atom. The maximum Gasteiger partial charge on any atom is 0.275 e. The van der Waals surface area contributed by atoms with Gasteiger partial charge in [0.2, 0.25) is 0 Å². The highest BCUT2D eigenvalue weighted by Gasteiger charge is 2.19. The number of hydrogen-bond donors (Lipinski definition) is 1. The molecule has 0 aromatic heterocycles. The molecule has 5 heteroatoms. The van der Waals surface area contributed by atoms with Crippen LogP contribution in [-0.2, 0) is 0 Å². The Bertz CT molecular complexity index is 454. The number of nitro benzene ring substituents is 1. The van der Waals surface area contributed by atoms with E-state index < -0.39 is 4.92 Å². The van der Waals surface area contributed by atoms with E-state index in [2.05, 4.69) is 12.2 Å². The third-order valence-corrected chi connectivity index (χ3v) is 3.72. The van der Waals surface area contributed by atoms with E-state index in [0.717, 1.165) is 24.4 Å². The highest BCUT2D eigenvalue weighted by atomic mass is 16.6. The van der Waals surface area contributed by atoms with Gasteiger partial charge in [0.25, 0.3) is 5.69 Å². The molecule has 0 unspecified atom stereocenters. The van der Waals surface area contributed by atoms with Gasteiger partial charge in [-0.25, -0.2) is 0 Å². The molecule has 1 aliphatic carbocycles. The van der Waals surface area contributed by atoms with E-state index in [0.29, 0.717) is 11.8 Å². The molecule has 0 bridgehead atoms. The summed E-state index contributed by atoms with van der Waals surface area (Å²) in [5.74, 6) is 1.30. The molecule has 1 aromatic carbocycles. The molecular formula is C14H20N2O3. The van der Waals surface area contributed by atoms with Gasteiger partial charge >= 0.3 is 0 Å². The SMILES string of the molecule is COc1cc(NC2CCC(C)CC2)cc([N+](=O)[O-])c1. The Labute approximate surface area is 113 Å². The second-order valence-electron chi connectivity index (χ2n) is 5.28. The van der Waals surface area contributed by atoms with Crippen molar-refractivity contribution in [3.05, 3.63) is 28.3 Å². The highest BCUT2D eigenvalue weighted by Crippen LogP contribution is 2.30. The second-order valence-corrected chi connectivity index (χ2v) is 5.28. The van der Waals surface area contributed by atoms with Crippen LogP contribution in [0.4, 0.5) is 11.4 Å². The number of hydrogen-bond acceptors (Lipinski definition) is 4. The molecule has 1 saturated carbocycles. The van der Waals surface area contributed by atoms with Crippen LogP contribution in [0.25, 0.3) is 0 Å². The first-order chi connectivity index (χ1) is 9.08. The Balaban J connectivity index is 2.10. The lowest BCUT2D eigenvalue weighted by atomic mass is 9.87. The Hall–Kier alpha value is -1.78. The molecule has 2 rings (SSSR count). The first kappa shape index (κ1) is 13.6. The number of nitrogens with zero attached hydrogens (tertiary/aromatic N) is 1. The standard InChI is InChI=1S/C14H20N2O3/c1-10-3-5-11(6-4-10)15-12-7-13(16(17)18)9-14(8-12)19-2/h7-11,15H,3-6H2,1-2H3. The summed E-state index contributed by atoms with van der Waals surface area (Å²) >= 11 is 0. The third-order valence-electron chi connectivity index (χ3n) is 3.72. The normalized spacial score (nSPS) is 22.8. The molecule has 19 heavy (non-hydrogen) atoms. The fourth-order valence-electron chi connectivity index (χ4n) is 2.53. The van der Waals surface area contributed by atoms with E-state index in [1.54, 1.807) is 6.07 Å². The van der Waals surface area contributed by atoms with Crippen molar-refractivity contribution >= 4 is 11.4 Å². The largest absolute Gasteiger partial charge is 0.496 e. The zero-order valence-electron chi connectivity index (χ0n) is 11.4. The zero-order chi connectivity index (χ0) is 13.8. The fraction of sp³-hybridized carbons (Fsp3) is 0.571. The second kappa shape index (κ2) is 5.91. The number of ether oxygens (including phenoxy) is 1. The van der Waals surface area contributed by atoms with Gasteiger partial charge in [0, 0.05) is 23.9 Å². The molecule has 0 saturated heterocycles. The third kappa shape index (κ3) is 3.59. The molecule has 0 heterocycles. The molecule has 1 aliphatic rings. The lowest BCUT2D eigenvalue weighted by Crippen LogP contribution is -2.25. The van der Waals surface area contributed by atoms with Crippen LogP contribution in [-0.4, -0.2) is 18.1 Å². The van der Waals surface area contributed by atoms with Crippen molar-refractivity contribution in [1.82, 2.24) is 0 Å². The molecule has 5 nitrogen and oxygen atoms in total. The first-order valence-electron chi connectivity index (χ1n) is 6.68. The number of nitro groups is 1. The Morgan fingerprint density at radius 3 is 2.53 bits per heavy atom. The first-order valence-corrected chi connectivity index (χ1v) is 6.68. The predicted molar refractivity (Wildman–Crippen MR) is 74.7 cm³/mol. The molecule has 0 aliphatic heterocycles.